The first-order chi connectivity index (χ1) is 9.22. The molecule has 0 unspecified atom stereocenters. The molecule has 0 aliphatic rings. The Kier molecular flexibility index (Phi) is 7.38. The van der Waals surface area contributed by atoms with Crippen LogP contribution in [0.3, 0.4) is 0 Å². The Morgan fingerprint density at radius 1 is 1.32 bits per heavy atom. The highest BCUT2D eigenvalue weighted by molar-refractivity contribution is 6.30. The predicted molar refractivity (Wildman–Crippen MR) is 78.1 cm³/mol. The van der Waals surface area contributed by atoms with Gasteiger partial charge >= 0.3 is 0 Å². The molecule has 1 aromatic rings. The zero-order valence-electron chi connectivity index (χ0n) is 11.3. The normalized spacial score (nSPS) is 10.3. The van der Waals surface area contributed by atoms with E-state index in [1.807, 2.05) is 6.08 Å². The number of halogens is 1. The van der Waals surface area contributed by atoms with Crippen molar-refractivity contribution in [2.24, 2.45) is 0 Å². The molecule has 0 heterocycles. The molecule has 3 nitrogen and oxygen atoms in total. The molecule has 106 valence electrons. The van der Waals surface area contributed by atoms with E-state index in [1.54, 1.807) is 19.2 Å². The van der Waals surface area contributed by atoms with Gasteiger partial charge in [0.25, 0.3) is 0 Å². The second-order valence-electron chi connectivity index (χ2n) is 4.24. The molecular formula is C15H21ClO3. The smallest absolute Gasteiger partial charge is 0.166 e. The third kappa shape index (κ3) is 5.13. The van der Waals surface area contributed by atoms with E-state index in [2.05, 4.69) is 6.58 Å². The molecule has 1 N–H and O–H groups in total. The number of ether oxygens (including phenoxy) is 2. The zero-order chi connectivity index (χ0) is 14.1. The van der Waals surface area contributed by atoms with Crippen LogP contribution in [-0.4, -0.2) is 18.8 Å². The fourth-order valence-corrected chi connectivity index (χ4v) is 2.03. The van der Waals surface area contributed by atoms with Gasteiger partial charge in [0.15, 0.2) is 11.5 Å². The zero-order valence-corrected chi connectivity index (χ0v) is 12.1. The molecule has 0 aliphatic heterocycles. The first-order valence-corrected chi connectivity index (χ1v) is 6.81. The topological polar surface area (TPSA) is 38.7 Å². The van der Waals surface area contributed by atoms with E-state index in [9.17, 15) is 5.11 Å². The maximum absolute atomic E-state index is 9.33. The van der Waals surface area contributed by atoms with E-state index in [0.29, 0.717) is 28.7 Å². The summed E-state index contributed by atoms with van der Waals surface area (Å²) < 4.78 is 10.9. The van der Waals surface area contributed by atoms with Crippen LogP contribution in [0.4, 0.5) is 0 Å². The van der Waals surface area contributed by atoms with E-state index < -0.39 is 0 Å². The van der Waals surface area contributed by atoms with Crippen molar-refractivity contribution in [2.75, 3.05) is 13.7 Å². The van der Waals surface area contributed by atoms with Crippen LogP contribution < -0.4 is 9.47 Å². The van der Waals surface area contributed by atoms with Crippen LogP contribution in [-0.2, 0) is 6.61 Å². The van der Waals surface area contributed by atoms with Crippen molar-refractivity contribution in [3.05, 3.63) is 35.4 Å². The molecule has 0 radical (unpaired) electrons. The summed E-state index contributed by atoms with van der Waals surface area (Å²) in [5, 5.41) is 9.86. The Hall–Kier alpha value is -1.19. The average Bonchev–Trinajstić information content (AvgIpc) is 2.43. The van der Waals surface area contributed by atoms with Crippen LogP contribution in [0.25, 0.3) is 0 Å². The molecule has 0 atom stereocenters. The highest BCUT2D eigenvalue weighted by Crippen LogP contribution is 2.34. The van der Waals surface area contributed by atoms with Gasteiger partial charge in [0, 0.05) is 16.7 Å². The third-order valence-electron chi connectivity index (χ3n) is 2.79. The van der Waals surface area contributed by atoms with E-state index >= 15 is 0 Å². The molecule has 0 bridgehead atoms. The Morgan fingerprint density at radius 2 is 2.11 bits per heavy atom. The number of hydrogen-bond donors (Lipinski definition) is 1. The average molecular weight is 285 g/mol. The monoisotopic (exact) mass is 284 g/mol. The minimum absolute atomic E-state index is 0.122. The number of aliphatic hydroxyl groups is 1. The molecule has 0 spiro atoms. The summed E-state index contributed by atoms with van der Waals surface area (Å²) in [4.78, 5) is 0. The summed E-state index contributed by atoms with van der Waals surface area (Å²) in [6, 6.07) is 3.38. The Bertz CT molecular complexity index is 379. The minimum Gasteiger partial charge on any atom is -0.493 e. The highest BCUT2D eigenvalue weighted by Gasteiger charge is 2.12. The van der Waals surface area contributed by atoms with Gasteiger partial charge in [-0.1, -0.05) is 17.7 Å². The second-order valence-corrected chi connectivity index (χ2v) is 4.68. The van der Waals surface area contributed by atoms with Crippen molar-refractivity contribution in [3.63, 3.8) is 0 Å². The number of allylic oxidation sites excluding steroid dienone is 1. The predicted octanol–water partition coefficient (Wildman–Crippen LogP) is 3.97. The molecule has 0 saturated heterocycles. The van der Waals surface area contributed by atoms with Gasteiger partial charge in [0.2, 0.25) is 0 Å². The quantitative estimate of drug-likeness (QED) is 0.551. The number of rotatable bonds is 9. The van der Waals surface area contributed by atoms with Crippen molar-refractivity contribution in [1.29, 1.82) is 0 Å². The molecule has 0 saturated carbocycles. The molecule has 0 amide bonds. The van der Waals surface area contributed by atoms with Gasteiger partial charge in [-0.15, -0.1) is 6.58 Å². The third-order valence-corrected chi connectivity index (χ3v) is 3.00. The molecule has 0 aliphatic carbocycles. The maximum atomic E-state index is 9.33. The summed E-state index contributed by atoms with van der Waals surface area (Å²) in [5.74, 6) is 1.14. The van der Waals surface area contributed by atoms with Crippen LogP contribution in [0.1, 0.15) is 31.2 Å². The number of benzene rings is 1. The van der Waals surface area contributed by atoms with Crippen molar-refractivity contribution in [2.45, 2.75) is 32.3 Å². The molecule has 19 heavy (non-hydrogen) atoms. The van der Waals surface area contributed by atoms with Gasteiger partial charge in [-0.2, -0.15) is 0 Å². The van der Waals surface area contributed by atoms with E-state index in [1.165, 1.54) is 0 Å². The Labute approximate surface area is 119 Å². The van der Waals surface area contributed by atoms with Crippen molar-refractivity contribution in [1.82, 2.24) is 0 Å². The SMILES string of the molecule is C=CCCCCCOc1c(CO)cc(Cl)cc1OC. The van der Waals surface area contributed by atoms with Gasteiger partial charge in [-0.25, -0.2) is 0 Å². The molecule has 1 aromatic carbocycles. The maximum Gasteiger partial charge on any atom is 0.166 e. The number of unbranched alkanes of at least 4 members (excludes halogenated alkanes) is 3. The lowest BCUT2D eigenvalue weighted by Gasteiger charge is -2.14. The Balaban J connectivity index is 2.58. The molecule has 4 heteroatoms. The lowest BCUT2D eigenvalue weighted by molar-refractivity contribution is 0.251. The highest BCUT2D eigenvalue weighted by atomic mass is 35.5. The first kappa shape index (κ1) is 15.9. The first-order valence-electron chi connectivity index (χ1n) is 6.44. The van der Waals surface area contributed by atoms with Crippen molar-refractivity contribution < 1.29 is 14.6 Å². The Morgan fingerprint density at radius 3 is 2.74 bits per heavy atom. The number of aliphatic hydroxyl groups excluding tert-OH is 1. The lowest BCUT2D eigenvalue weighted by Crippen LogP contribution is -2.03. The van der Waals surface area contributed by atoms with Crippen molar-refractivity contribution in [3.8, 4) is 11.5 Å². The molecular weight excluding hydrogens is 264 g/mol. The van der Waals surface area contributed by atoms with Gasteiger partial charge in [0.05, 0.1) is 20.3 Å². The van der Waals surface area contributed by atoms with E-state index in [0.717, 1.165) is 25.7 Å². The molecule has 0 fully saturated rings. The van der Waals surface area contributed by atoms with Crippen LogP contribution >= 0.6 is 11.6 Å². The minimum atomic E-state index is -0.122. The fourth-order valence-electron chi connectivity index (χ4n) is 1.80. The van der Waals surface area contributed by atoms with Gasteiger partial charge in [-0.3, -0.25) is 0 Å². The summed E-state index contributed by atoms with van der Waals surface area (Å²) >= 11 is 5.94. The number of hydrogen-bond acceptors (Lipinski definition) is 3. The van der Waals surface area contributed by atoms with Crippen LogP contribution in [0, 0.1) is 0 Å². The second kappa shape index (κ2) is 8.83. The summed E-state index contributed by atoms with van der Waals surface area (Å²) in [6.45, 7) is 4.17. The van der Waals surface area contributed by atoms with Gasteiger partial charge in [-0.05, 0) is 31.7 Å². The lowest BCUT2D eigenvalue weighted by atomic mass is 10.2. The van der Waals surface area contributed by atoms with Crippen LogP contribution in [0.15, 0.2) is 24.8 Å². The van der Waals surface area contributed by atoms with Gasteiger partial charge in [0.1, 0.15) is 0 Å². The summed E-state index contributed by atoms with van der Waals surface area (Å²) in [6.07, 6.45) is 6.14. The summed E-state index contributed by atoms with van der Waals surface area (Å²) in [5.41, 5.74) is 0.649. The van der Waals surface area contributed by atoms with Crippen LogP contribution in [0.5, 0.6) is 11.5 Å². The molecule has 0 aromatic heterocycles. The largest absolute Gasteiger partial charge is 0.493 e. The number of methoxy groups -OCH3 is 1. The van der Waals surface area contributed by atoms with Gasteiger partial charge < -0.3 is 14.6 Å². The van der Waals surface area contributed by atoms with E-state index in [4.69, 9.17) is 21.1 Å². The molecule has 1 rings (SSSR count). The summed E-state index contributed by atoms with van der Waals surface area (Å²) in [7, 11) is 1.56. The van der Waals surface area contributed by atoms with Crippen molar-refractivity contribution >= 4 is 11.6 Å². The fraction of sp³-hybridized carbons (Fsp3) is 0.467. The van der Waals surface area contributed by atoms with Crippen LogP contribution in [0.2, 0.25) is 5.02 Å². The van der Waals surface area contributed by atoms with E-state index in [-0.39, 0.29) is 6.61 Å². The standard InChI is InChI=1S/C15H21ClO3/c1-3-4-5-6-7-8-19-15-12(11-17)9-13(16)10-14(15)18-2/h3,9-10,17H,1,4-8,11H2,2H3.